The predicted octanol–water partition coefficient (Wildman–Crippen LogP) is 6.40. The van der Waals surface area contributed by atoms with Crippen molar-refractivity contribution in [3.8, 4) is 5.75 Å². The molecule has 0 unspecified atom stereocenters. The third-order valence-corrected chi connectivity index (χ3v) is 5.53. The maximum absolute atomic E-state index is 6.32. The Morgan fingerprint density at radius 1 is 1.08 bits per heavy atom. The van der Waals surface area contributed by atoms with Crippen LogP contribution >= 0.6 is 11.6 Å². The van der Waals surface area contributed by atoms with Crippen molar-refractivity contribution in [1.29, 1.82) is 0 Å². The molecular formula is C22H23ClO2. The van der Waals surface area contributed by atoms with Gasteiger partial charge in [0.1, 0.15) is 22.7 Å². The van der Waals surface area contributed by atoms with Crippen molar-refractivity contribution in [2.45, 2.75) is 52.6 Å². The summed E-state index contributed by atoms with van der Waals surface area (Å²) >= 11 is 5.98. The molecule has 3 aromatic rings. The van der Waals surface area contributed by atoms with Gasteiger partial charge in [-0.1, -0.05) is 23.7 Å². The van der Waals surface area contributed by atoms with Crippen LogP contribution in [0.3, 0.4) is 0 Å². The van der Waals surface area contributed by atoms with Gasteiger partial charge in [0, 0.05) is 22.4 Å². The summed E-state index contributed by atoms with van der Waals surface area (Å²) in [6.45, 7) is 8.58. The molecule has 0 aliphatic carbocycles. The largest absolute Gasteiger partial charge is 0.487 e. The molecule has 2 heterocycles. The van der Waals surface area contributed by atoms with E-state index >= 15 is 0 Å². The Hall–Kier alpha value is -1.93. The van der Waals surface area contributed by atoms with Gasteiger partial charge < -0.3 is 9.15 Å². The quantitative estimate of drug-likeness (QED) is 0.531. The van der Waals surface area contributed by atoms with Gasteiger partial charge in [-0.05, 0) is 75.4 Å². The Morgan fingerprint density at radius 2 is 1.80 bits per heavy atom. The first-order chi connectivity index (χ1) is 11.8. The minimum Gasteiger partial charge on any atom is -0.487 e. The van der Waals surface area contributed by atoms with Crippen molar-refractivity contribution in [2.24, 2.45) is 0 Å². The Balaban J connectivity index is 1.80. The smallest absolute Gasteiger partial charge is 0.138 e. The highest BCUT2D eigenvalue weighted by Gasteiger charge is 2.31. The molecule has 0 bridgehead atoms. The van der Waals surface area contributed by atoms with Crippen LogP contribution in [0.1, 0.15) is 48.3 Å². The van der Waals surface area contributed by atoms with Gasteiger partial charge in [0.05, 0.1) is 0 Å². The zero-order valence-corrected chi connectivity index (χ0v) is 16.0. The lowest BCUT2D eigenvalue weighted by molar-refractivity contribution is 0.0842. The molecule has 130 valence electrons. The van der Waals surface area contributed by atoms with Gasteiger partial charge >= 0.3 is 0 Å². The van der Waals surface area contributed by atoms with Crippen LogP contribution in [-0.2, 0) is 12.8 Å². The van der Waals surface area contributed by atoms with Crippen LogP contribution in [0.4, 0.5) is 0 Å². The molecule has 0 N–H and O–H groups in total. The Morgan fingerprint density at radius 3 is 2.52 bits per heavy atom. The van der Waals surface area contributed by atoms with Crippen molar-refractivity contribution >= 4 is 22.6 Å². The van der Waals surface area contributed by atoms with Gasteiger partial charge in [0.2, 0.25) is 0 Å². The van der Waals surface area contributed by atoms with Gasteiger partial charge in [0.25, 0.3) is 0 Å². The summed E-state index contributed by atoms with van der Waals surface area (Å²) < 4.78 is 12.6. The first kappa shape index (κ1) is 16.5. The average Bonchev–Trinajstić information content (AvgIpc) is 2.98. The second-order valence-electron chi connectivity index (χ2n) is 7.68. The second-order valence-corrected chi connectivity index (χ2v) is 8.11. The minimum absolute atomic E-state index is 0.103. The Kier molecular flexibility index (Phi) is 3.84. The predicted molar refractivity (Wildman–Crippen MR) is 103 cm³/mol. The maximum atomic E-state index is 6.32. The fourth-order valence-electron chi connectivity index (χ4n) is 3.66. The SMILES string of the molecule is Cc1c2c(c3cc(Cc4ccc(Cl)cc4)oc3c1C)CCC(C)(C)O2. The molecule has 1 aromatic heterocycles. The molecule has 0 saturated heterocycles. The normalized spacial score (nSPS) is 15.9. The number of furan rings is 1. The lowest BCUT2D eigenvalue weighted by Gasteiger charge is -2.34. The number of hydrogen-bond acceptors (Lipinski definition) is 2. The van der Waals surface area contributed by atoms with Gasteiger partial charge in [-0.3, -0.25) is 0 Å². The summed E-state index contributed by atoms with van der Waals surface area (Å²) in [6, 6.07) is 10.1. The van der Waals surface area contributed by atoms with Gasteiger partial charge in [-0.15, -0.1) is 0 Å². The third-order valence-electron chi connectivity index (χ3n) is 5.27. The van der Waals surface area contributed by atoms with Crippen molar-refractivity contribution in [1.82, 2.24) is 0 Å². The minimum atomic E-state index is -0.103. The van der Waals surface area contributed by atoms with Crippen LogP contribution in [0.2, 0.25) is 5.02 Å². The molecular weight excluding hydrogens is 332 g/mol. The van der Waals surface area contributed by atoms with Crippen LogP contribution in [0.15, 0.2) is 34.7 Å². The number of halogens is 1. The summed E-state index contributed by atoms with van der Waals surface area (Å²) in [4.78, 5) is 0. The number of hydrogen-bond donors (Lipinski definition) is 0. The molecule has 1 aliphatic heterocycles. The number of aryl methyl sites for hydroxylation is 2. The van der Waals surface area contributed by atoms with E-state index in [1.165, 1.54) is 27.6 Å². The molecule has 3 heteroatoms. The van der Waals surface area contributed by atoms with E-state index in [9.17, 15) is 0 Å². The van der Waals surface area contributed by atoms with E-state index < -0.39 is 0 Å². The van der Waals surface area contributed by atoms with Gasteiger partial charge in [-0.25, -0.2) is 0 Å². The molecule has 0 saturated carbocycles. The van der Waals surface area contributed by atoms with E-state index in [-0.39, 0.29) is 5.60 Å². The molecule has 0 atom stereocenters. The van der Waals surface area contributed by atoms with E-state index in [1.807, 2.05) is 12.1 Å². The molecule has 25 heavy (non-hydrogen) atoms. The number of rotatable bonds is 2. The lowest BCUT2D eigenvalue weighted by atomic mass is 9.89. The van der Waals surface area contributed by atoms with Gasteiger partial charge in [0.15, 0.2) is 0 Å². The Labute approximate surface area is 153 Å². The Bertz CT molecular complexity index is 949. The average molecular weight is 355 g/mol. The fraction of sp³-hybridized carbons (Fsp3) is 0.364. The fourth-order valence-corrected chi connectivity index (χ4v) is 3.79. The summed E-state index contributed by atoms with van der Waals surface area (Å²) in [6.07, 6.45) is 2.82. The highest BCUT2D eigenvalue weighted by Crippen LogP contribution is 2.43. The van der Waals surface area contributed by atoms with Crippen molar-refractivity contribution in [2.75, 3.05) is 0 Å². The third kappa shape index (κ3) is 2.93. The van der Waals surface area contributed by atoms with E-state index in [0.717, 1.165) is 41.4 Å². The molecule has 0 spiro atoms. The van der Waals surface area contributed by atoms with Crippen LogP contribution in [0, 0.1) is 13.8 Å². The summed E-state index contributed by atoms with van der Waals surface area (Å²) in [5.41, 5.74) is 5.76. The molecule has 0 fully saturated rings. The molecule has 2 nitrogen and oxygen atoms in total. The van der Waals surface area contributed by atoms with Crippen LogP contribution in [0.5, 0.6) is 5.75 Å². The zero-order valence-electron chi connectivity index (χ0n) is 15.2. The monoisotopic (exact) mass is 354 g/mol. The van der Waals surface area contributed by atoms with E-state index in [2.05, 4.69) is 45.9 Å². The number of benzene rings is 2. The lowest BCUT2D eigenvalue weighted by Crippen LogP contribution is -2.33. The molecule has 0 amide bonds. The second kappa shape index (κ2) is 5.81. The van der Waals surface area contributed by atoms with Crippen LogP contribution in [0.25, 0.3) is 11.0 Å². The van der Waals surface area contributed by atoms with E-state index in [1.54, 1.807) is 0 Å². The highest BCUT2D eigenvalue weighted by molar-refractivity contribution is 6.30. The summed E-state index contributed by atoms with van der Waals surface area (Å²) in [5.74, 6) is 2.04. The summed E-state index contributed by atoms with van der Waals surface area (Å²) in [7, 11) is 0. The van der Waals surface area contributed by atoms with Crippen LogP contribution in [-0.4, -0.2) is 5.60 Å². The molecule has 0 radical (unpaired) electrons. The van der Waals surface area contributed by atoms with Crippen molar-refractivity contribution < 1.29 is 9.15 Å². The number of fused-ring (bicyclic) bond motifs is 3. The van der Waals surface area contributed by atoms with Gasteiger partial charge in [-0.2, -0.15) is 0 Å². The molecule has 2 aromatic carbocycles. The molecule has 4 rings (SSSR count). The maximum Gasteiger partial charge on any atom is 0.138 e. The van der Waals surface area contributed by atoms with E-state index in [0.29, 0.717) is 0 Å². The zero-order chi connectivity index (χ0) is 17.8. The van der Waals surface area contributed by atoms with E-state index in [4.69, 9.17) is 20.8 Å². The topological polar surface area (TPSA) is 22.4 Å². The molecule has 1 aliphatic rings. The van der Waals surface area contributed by atoms with Crippen molar-refractivity contribution in [3.63, 3.8) is 0 Å². The van der Waals surface area contributed by atoms with Crippen molar-refractivity contribution in [3.05, 3.63) is 63.4 Å². The standard InChI is InChI=1S/C22H23ClO2/c1-13-14(2)21-18(9-10-22(3,4)25-21)19-12-17(24-20(13)19)11-15-5-7-16(23)8-6-15/h5-8,12H,9-11H2,1-4H3. The number of ether oxygens (including phenoxy) is 1. The highest BCUT2D eigenvalue weighted by atomic mass is 35.5. The summed E-state index contributed by atoms with van der Waals surface area (Å²) in [5, 5.41) is 1.96. The first-order valence-electron chi connectivity index (χ1n) is 8.82. The first-order valence-corrected chi connectivity index (χ1v) is 9.20. The van der Waals surface area contributed by atoms with Crippen LogP contribution < -0.4 is 4.74 Å².